The summed E-state index contributed by atoms with van der Waals surface area (Å²) in [5, 5.41) is 19.9. The first-order chi connectivity index (χ1) is 14.1. The fourth-order valence-electron chi connectivity index (χ4n) is 3.85. The van der Waals surface area contributed by atoms with Crippen molar-refractivity contribution in [2.75, 3.05) is 0 Å². The lowest BCUT2D eigenvalue weighted by molar-refractivity contribution is -0.152. The number of carboxylic acids is 1. The van der Waals surface area contributed by atoms with Crippen LogP contribution in [0.15, 0.2) is 36.4 Å². The first kappa shape index (κ1) is 20.4. The van der Waals surface area contributed by atoms with E-state index in [1.165, 1.54) is 25.2 Å². The van der Waals surface area contributed by atoms with Crippen LogP contribution in [0.25, 0.3) is 10.1 Å². The molecular weight excluding hydrogens is 400 g/mol. The van der Waals surface area contributed by atoms with Crippen LogP contribution in [0, 0.1) is 19.8 Å². The molecule has 1 aliphatic rings. The normalized spacial score (nSPS) is 18.4. The number of aliphatic carboxylic acids is 1. The lowest BCUT2D eigenvalue weighted by Crippen LogP contribution is -2.38. The number of ketones is 1. The van der Waals surface area contributed by atoms with Gasteiger partial charge in [0.15, 0.2) is 11.4 Å². The van der Waals surface area contributed by atoms with Crippen LogP contribution < -0.4 is 4.74 Å². The Bertz CT molecular complexity index is 1150. The number of carbonyl (C=O) groups excluding carboxylic acids is 1. The van der Waals surface area contributed by atoms with Crippen molar-refractivity contribution in [1.29, 1.82) is 0 Å². The van der Waals surface area contributed by atoms with Gasteiger partial charge in [0.2, 0.25) is 0 Å². The maximum atomic E-state index is 13.0. The van der Waals surface area contributed by atoms with E-state index in [2.05, 4.69) is 0 Å². The van der Waals surface area contributed by atoms with Gasteiger partial charge >= 0.3 is 5.97 Å². The Balaban J connectivity index is 1.54. The topological polar surface area (TPSA) is 83.8 Å². The van der Waals surface area contributed by atoms with E-state index in [1.54, 1.807) is 12.1 Å². The van der Waals surface area contributed by atoms with Gasteiger partial charge in [0, 0.05) is 10.6 Å². The minimum absolute atomic E-state index is 0.0484. The van der Waals surface area contributed by atoms with Gasteiger partial charge in [-0.05, 0) is 86.4 Å². The zero-order chi connectivity index (χ0) is 21.8. The van der Waals surface area contributed by atoms with Crippen LogP contribution in [-0.4, -0.2) is 27.6 Å². The van der Waals surface area contributed by atoms with Gasteiger partial charge in [-0.25, -0.2) is 4.79 Å². The summed E-state index contributed by atoms with van der Waals surface area (Å²) in [5.41, 5.74) is 1.51. The average molecular weight is 425 g/mol. The molecule has 30 heavy (non-hydrogen) atoms. The van der Waals surface area contributed by atoms with Crippen molar-refractivity contribution >= 4 is 33.2 Å². The third kappa shape index (κ3) is 3.67. The summed E-state index contributed by atoms with van der Waals surface area (Å²) in [6, 6.07) is 11.0. The van der Waals surface area contributed by atoms with E-state index in [9.17, 15) is 19.8 Å². The Labute approximate surface area is 178 Å². The number of Topliss-reactive ketones (excluding diaryl/α,β-unsaturated/α-hetero) is 1. The van der Waals surface area contributed by atoms with E-state index >= 15 is 0 Å². The molecule has 5 nitrogen and oxygen atoms in total. The molecule has 1 saturated carbocycles. The predicted molar refractivity (Wildman–Crippen MR) is 117 cm³/mol. The fraction of sp³-hybridized carbons (Fsp3) is 0.333. The lowest BCUT2D eigenvalue weighted by Gasteiger charge is -2.24. The molecule has 6 heteroatoms. The van der Waals surface area contributed by atoms with Crippen LogP contribution in [0.4, 0.5) is 0 Å². The molecule has 2 N–H and O–H groups in total. The number of phenols is 1. The second-order valence-electron chi connectivity index (χ2n) is 8.55. The summed E-state index contributed by atoms with van der Waals surface area (Å²) < 4.78 is 6.77. The van der Waals surface area contributed by atoms with Crippen LogP contribution >= 0.6 is 11.3 Å². The highest BCUT2D eigenvalue weighted by Crippen LogP contribution is 2.51. The van der Waals surface area contributed by atoms with Crippen LogP contribution in [0.3, 0.4) is 0 Å². The largest absolute Gasteiger partial charge is 0.508 e. The number of rotatable bonds is 6. The number of aryl methyl sites for hydroxylation is 2. The Morgan fingerprint density at radius 1 is 1.10 bits per heavy atom. The number of aromatic hydroxyl groups is 1. The number of carbonyl (C=O) groups is 2. The molecule has 0 aliphatic heterocycles. The molecule has 1 heterocycles. The third-order valence-corrected chi connectivity index (χ3v) is 6.78. The van der Waals surface area contributed by atoms with Crippen molar-refractivity contribution in [1.82, 2.24) is 0 Å². The fourth-order valence-corrected chi connectivity index (χ4v) is 4.89. The number of fused-ring (bicyclic) bond motifs is 1. The molecule has 3 aromatic rings. The minimum Gasteiger partial charge on any atom is -0.508 e. The van der Waals surface area contributed by atoms with Gasteiger partial charge in [-0.15, -0.1) is 11.3 Å². The number of thiophene rings is 1. The Morgan fingerprint density at radius 2 is 1.77 bits per heavy atom. The number of phenolic OH excluding ortho intramolecular Hbond substituents is 1. The van der Waals surface area contributed by atoms with Crippen LogP contribution in [-0.2, 0) is 4.79 Å². The van der Waals surface area contributed by atoms with Crippen molar-refractivity contribution in [2.24, 2.45) is 5.92 Å². The lowest BCUT2D eigenvalue weighted by atomic mass is 10.00. The molecule has 2 atom stereocenters. The van der Waals surface area contributed by atoms with E-state index < -0.39 is 11.6 Å². The molecule has 0 saturated heterocycles. The molecular formula is C24H24O5S. The SMILES string of the molecule is Cc1cc(C2CC2C(=O)c2cc3cc(O)ccc3s2)cc(C)c1OC(C)(C)C(=O)O. The summed E-state index contributed by atoms with van der Waals surface area (Å²) in [6.07, 6.45) is 0.804. The highest BCUT2D eigenvalue weighted by molar-refractivity contribution is 7.20. The minimum atomic E-state index is -1.31. The molecule has 0 spiro atoms. The van der Waals surface area contributed by atoms with Gasteiger partial charge in [0.1, 0.15) is 11.5 Å². The zero-order valence-electron chi connectivity index (χ0n) is 17.4. The quantitative estimate of drug-likeness (QED) is 0.514. The van der Waals surface area contributed by atoms with Gasteiger partial charge in [-0.2, -0.15) is 0 Å². The summed E-state index contributed by atoms with van der Waals surface area (Å²) in [4.78, 5) is 25.1. The second kappa shape index (κ2) is 7.13. The molecule has 1 aliphatic carbocycles. The molecule has 2 unspecified atom stereocenters. The molecule has 0 bridgehead atoms. The molecule has 4 rings (SSSR count). The first-order valence-corrected chi connectivity index (χ1v) is 10.7. The zero-order valence-corrected chi connectivity index (χ0v) is 18.2. The van der Waals surface area contributed by atoms with Crippen molar-refractivity contribution in [3.05, 3.63) is 58.0 Å². The average Bonchev–Trinajstić information content (AvgIpc) is 3.36. The van der Waals surface area contributed by atoms with E-state index in [-0.39, 0.29) is 23.4 Å². The predicted octanol–water partition coefficient (Wildman–Crippen LogP) is 5.45. The van der Waals surface area contributed by atoms with Gasteiger partial charge in [-0.1, -0.05) is 12.1 Å². The standard InChI is InChI=1S/C24H24O5S/c1-12-7-14(8-13(2)22(12)29-24(3,4)23(27)28)17-11-18(17)21(26)20-10-15-9-16(25)5-6-19(15)30-20/h5-10,17-18,25H,11H2,1-4H3,(H,27,28). The van der Waals surface area contributed by atoms with Gasteiger partial charge in [-0.3, -0.25) is 4.79 Å². The van der Waals surface area contributed by atoms with Crippen LogP contribution in [0.2, 0.25) is 0 Å². The monoisotopic (exact) mass is 424 g/mol. The summed E-state index contributed by atoms with van der Waals surface area (Å²) >= 11 is 1.46. The van der Waals surface area contributed by atoms with Gasteiger partial charge < -0.3 is 14.9 Å². The summed E-state index contributed by atoms with van der Waals surface area (Å²) in [6.45, 7) is 6.87. The van der Waals surface area contributed by atoms with Gasteiger partial charge in [0.25, 0.3) is 0 Å². The number of benzene rings is 2. The Hall–Kier alpha value is -2.86. The smallest absolute Gasteiger partial charge is 0.347 e. The Morgan fingerprint density at radius 3 is 2.40 bits per heavy atom. The highest BCUT2D eigenvalue weighted by atomic mass is 32.1. The number of carboxylic acid groups (broad SMARTS) is 1. The highest BCUT2D eigenvalue weighted by Gasteiger charge is 2.45. The van der Waals surface area contributed by atoms with Gasteiger partial charge in [0.05, 0.1) is 4.88 Å². The summed E-state index contributed by atoms with van der Waals surface area (Å²) in [7, 11) is 0. The maximum absolute atomic E-state index is 13.0. The maximum Gasteiger partial charge on any atom is 0.347 e. The van der Waals surface area contributed by atoms with E-state index in [0.717, 1.165) is 38.1 Å². The Kier molecular flexibility index (Phi) is 4.85. The van der Waals surface area contributed by atoms with E-state index in [1.807, 2.05) is 38.1 Å². The molecule has 0 radical (unpaired) electrons. The molecule has 0 amide bonds. The third-order valence-electron chi connectivity index (χ3n) is 5.65. The second-order valence-corrected chi connectivity index (χ2v) is 9.63. The molecule has 2 aromatic carbocycles. The van der Waals surface area contributed by atoms with Crippen LogP contribution in [0.5, 0.6) is 11.5 Å². The van der Waals surface area contributed by atoms with Crippen molar-refractivity contribution in [3.8, 4) is 11.5 Å². The molecule has 1 aromatic heterocycles. The van der Waals surface area contributed by atoms with Crippen molar-refractivity contribution in [2.45, 2.75) is 45.6 Å². The van der Waals surface area contributed by atoms with E-state index in [0.29, 0.717) is 5.75 Å². The van der Waals surface area contributed by atoms with E-state index in [4.69, 9.17) is 4.74 Å². The summed E-state index contributed by atoms with van der Waals surface area (Å²) in [5.74, 6) is 0.0166. The first-order valence-electron chi connectivity index (χ1n) is 9.87. The van der Waals surface area contributed by atoms with Crippen LogP contribution in [0.1, 0.15) is 52.5 Å². The molecule has 156 valence electrons. The van der Waals surface area contributed by atoms with Crippen molar-refractivity contribution < 1.29 is 24.5 Å². The molecule has 1 fully saturated rings. The number of ether oxygens (including phenoxy) is 1. The number of hydrogen-bond acceptors (Lipinski definition) is 5. The van der Waals surface area contributed by atoms with Crippen molar-refractivity contribution in [3.63, 3.8) is 0 Å². The number of hydrogen-bond donors (Lipinski definition) is 2.